The third-order valence-electron chi connectivity index (χ3n) is 2.88. The second kappa shape index (κ2) is 6.39. The van der Waals surface area contributed by atoms with Crippen LogP contribution in [0, 0.1) is 6.92 Å². The molecule has 116 valence electrons. The Balaban J connectivity index is 2.14. The van der Waals surface area contributed by atoms with Crippen molar-refractivity contribution in [2.24, 2.45) is 7.05 Å². The monoisotopic (exact) mass is 322 g/mol. The number of alkyl carbamates (subject to hydrolysis) is 1. The number of aromatic nitrogens is 2. The molecule has 0 atom stereocenters. The summed E-state index contributed by atoms with van der Waals surface area (Å²) in [7, 11) is 2.88. The predicted molar refractivity (Wildman–Crippen MR) is 80.1 cm³/mol. The molecule has 0 fully saturated rings. The van der Waals surface area contributed by atoms with Gasteiger partial charge in [0, 0.05) is 12.7 Å². The van der Waals surface area contributed by atoms with Gasteiger partial charge < -0.3 is 10.1 Å². The summed E-state index contributed by atoms with van der Waals surface area (Å²) in [5.41, 5.74) is 1.25. The largest absolute Gasteiger partial charge is 0.453 e. The lowest BCUT2D eigenvalue weighted by atomic mass is 10.3. The molecule has 0 aliphatic heterocycles. The minimum Gasteiger partial charge on any atom is -0.453 e. The summed E-state index contributed by atoms with van der Waals surface area (Å²) in [6, 6.07) is 3.14. The fourth-order valence-electron chi connectivity index (χ4n) is 1.63. The predicted octanol–water partition coefficient (Wildman–Crippen LogP) is 1.54. The van der Waals surface area contributed by atoms with Gasteiger partial charge in [0.1, 0.15) is 5.00 Å². The van der Waals surface area contributed by atoms with Gasteiger partial charge in [0.2, 0.25) is 0 Å². The molecule has 9 heteroatoms. The lowest BCUT2D eigenvalue weighted by molar-refractivity contribution is 0.0938. The third-order valence-corrected chi connectivity index (χ3v) is 3.71. The highest BCUT2D eigenvalue weighted by molar-refractivity contribution is 7.14. The highest BCUT2D eigenvalue weighted by atomic mass is 32.1. The van der Waals surface area contributed by atoms with Crippen molar-refractivity contribution in [2.45, 2.75) is 6.92 Å². The van der Waals surface area contributed by atoms with Crippen molar-refractivity contribution in [1.82, 2.24) is 15.1 Å². The Bertz CT molecular complexity index is 715. The number of imide groups is 1. The number of rotatable bonds is 3. The van der Waals surface area contributed by atoms with Crippen LogP contribution >= 0.6 is 11.3 Å². The zero-order valence-electron chi connectivity index (χ0n) is 12.2. The fourth-order valence-corrected chi connectivity index (χ4v) is 2.41. The molecule has 0 aliphatic rings. The van der Waals surface area contributed by atoms with E-state index in [4.69, 9.17) is 0 Å². The Morgan fingerprint density at radius 3 is 2.64 bits per heavy atom. The molecule has 2 heterocycles. The first kappa shape index (κ1) is 15.7. The lowest BCUT2D eigenvalue weighted by Gasteiger charge is -2.05. The zero-order valence-corrected chi connectivity index (χ0v) is 13.0. The summed E-state index contributed by atoms with van der Waals surface area (Å²) in [5.74, 6) is -1.08. The molecule has 2 rings (SSSR count). The van der Waals surface area contributed by atoms with Gasteiger partial charge in [0.05, 0.1) is 12.7 Å². The van der Waals surface area contributed by atoms with Crippen molar-refractivity contribution in [3.8, 4) is 0 Å². The summed E-state index contributed by atoms with van der Waals surface area (Å²) in [6.07, 6.45) is -0.867. The van der Waals surface area contributed by atoms with Crippen LogP contribution in [0.3, 0.4) is 0 Å². The van der Waals surface area contributed by atoms with E-state index < -0.39 is 17.9 Å². The summed E-state index contributed by atoms with van der Waals surface area (Å²) < 4.78 is 5.94. The van der Waals surface area contributed by atoms with Gasteiger partial charge in [-0.3, -0.25) is 19.6 Å². The average Bonchev–Trinajstić information content (AvgIpc) is 3.06. The zero-order chi connectivity index (χ0) is 16.3. The fraction of sp³-hybridized carbons (Fsp3) is 0.231. The summed E-state index contributed by atoms with van der Waals surface area (Å²) in [5, 5.41) is 10.7. The normalized spacial score (nSPS) is 10.1. The van der Waals surface area contributed by atoms with Crippen LogP contribution in [0.15, 0.2) is 17.5 Å². The molecular formula is C13H14N4O4S. The van der Waals surface area contributed by atoms with Gasteiger partial charge in [0.25, 0.3) is 11.8 Å². The van der Waals surface area contributed by atoms with Crippen LogP contribution in [-0.4, -0.2) is 34.8 Å². The summed E-state index contributed by atoms with van der Waals surface area (Å²) in [4.78, 5) is 35.1. The number of hydrogen-bond acceptors (Lipinski definition) is 6. The molecule has 2 aromatic heterocycles. The number of aryl methyl sites for hydroxylation is 2. The van der Waals surface area contributed by atoms with Gasteiger partial charge in [-0.1, -0.05) is 0 Å². The van der Waals surface area contributed by atoms with Crippen LogP contribution in [0.4, 0.5) is 9.80 Å². The molecular weight excluding hydrogens is 308 g/mol. The Morgan fingerprint density at radius 1 is 1.32 bits per heavy atom. The summed E-state index contributed by atoms with van der Waals surface area (Å²) in [6.45, 7) is 1.82. The van der Waals surface area contributed by atoms with E-state index in [1.807, 2.05) is 12.2 Å². The number of thiophene rings is 1. The highest BCUT2D eigenvalue weighted by Gasteiger charge is 2.19. The van der Waals surface area contributed by atoms with E-state index in [1.165, 1.54) is 17.4 Å². The molecule has 0 unspecified atom stereocenters. The van der Waals surface area contributed by atoms with Crippen LogP contribution in [0.5, 0.6) is 0 Å². The molecule has 0 radical (unpaired) electrons. The van der Waals surface area contributed by atoms with Gasteiger partial charge in [-0.25, -0.2) is 4.79 Å². The number of anilines is 1. The quantitative estimate of drug-likeness (QED) is 0.892. The van der Waals surface area contributed by atoms with E-state index in [2.05, 4.69) is 15.2 Å². The topological polar surface area (TPSA) is 102 Å². The Hall–Kier alpha value is -2.68. The number of nitrogens with zero attached hydrogens (tertiary/aromatic N) is 2. The van der Waals surface area contributed by atoms with Crippen molar-refractivity contribution >= 4 is 34.2 Å². The third kappa shape index (κ3) is 3.31. The van der Waals surface area contributed by atoms with Gasteiger partial charge in [-0.05, 0) is 24.4 Å². The Morgan fingerprint density at radius 2 is 2.05 bits per heavy atom. The minimum atomic E-state index is -0.867. The van der Waals surface area contributed by atoms with Crippen molar-refractivity contribution in [1.29, 1.82) is 0 Å². The number of ether oxygens (including phenoxy) is 1. The number of hydrogen-bond donors (Lipinski definition) is 2. The summed E-state index contributed by atoms with van der Waals surface area (Å²) >= 11 is 1.17. The van der Waals surface area contributed by atoms with Crippen molar-refractivity contribution in [3.05, 3.63) is 34.5 Å². The number of carbonyl (C=O) groups excluding carboxylic acids is 3. The standard InChI is InChI=1S/C13H14N4O4S/c1-7-6-9(16-17(7)2)11(19)14-12-8(4-5-22-12)10(18)15-13(20)21-3/h4-6H,1-3H3,(H,14,19)(H,15,18,20). The molecule has 8 nitrogen and oxygen atoms in total. The second-order valence-electron chi connectivity index (χ2n) is 4.36. The Labute approximate surface area is 130 Å². The van der Waals surface area contributed by atoms with Crippen LogP contribution < -0.4 is 10.6 Å². The molecule has 0 spiro atoms. The maximum Gasteiger partial charge on any atom is 0.413 e. The average molecular weight is 322 g/mol. The SMILES string of the molecule is COC(=O)NC(=O)c1ccsc1NC(=O)c1cc(C)n(C)n1. The molecule has 2 N–H and O–H groups in total. The van der Waals surface area contributed by atoms with Crippen LogP contribution in [0.2, 0.25) is 0 Å². The molecule has 0 aromatic carbocycles. The first-order valence-corrected chi connectivity index (χ1v) is 7.09. The van der Waals surface area contributed by atoms with Gasteiger partial charge >= 0.3 is 6.09 Å². The van der Waals surface area contributed by atoms with E-state index in [1.54, 1.807) is 23.2 Å². The van der Waals surface area contributed by atoms with Gasteiger partial charge in [-0.15, -0.1) is 11.3 Å². The molecule has 0 saturated heterocycles. The first-order valence-electron chi connectivity index (χ1n) is 6.21. The number of nitrogens with one attached hydrogen (secondary N) is 2. The molecule has 0 bridgehead atoms. The molecule has 22 heavy (non-hydrogen) atoms. The van der Waals surface area contributed by atoms with Crippen LogP contribution in [0.25, 0.3) is 0 Å². The van der Waals surface area contributed by atoms with E-state index in [9.17, 15) is 14.4 Å². The number of amides is 3. The smallest absolute Gasteiger partial charge is 0.413 e. The van der Waals surface area contributed by atoms with Crippen molar-refractivity contribution in [2.75, 3.05) is 12.4 Å². The first-order chi connectivity index (χ1) is 10.4. The van der Waals surface area contributed by atoms with Crippen LogP contribution in [-0.2, 0) is 11.8 Å². The molecule has 0 aliphatic carbocycles. The second-order valence-corrected chi connectivity index (χ2v) is 5.27. The molecule has 3 amide bonds. The Kier molecular flexibility index (Phi) is 4.56. The van der Waals surface area contributed by atoms with Crippen LogP contribution in [0.1, 0.15) is 26.5 Å². The number of carbonyl (C=O) groups is 3. The van der Waals surface area contributed by atoms with E-state index >= 15 is 0 Å². The van der Waals surface area contributed by atoms with E-state index in [-0.39, 0.29) is 11.3 Å². The van der Waals surface area contributed by atoms with Gasteiger partial charge in [0.15, 0.2) is 5.69 Å². The van der Waals surface area contributed by atoms with E-state index in [0.717, 1.165) is 12.8 Å². The number of methoxy groups -OCH3 is 1. The van der Waals surface area contributed by atoms with E-state index in [0.29, 0.717) is 5.00 Å². The highest BCUT2D eigenvalue weighted by Crippen LogP contribution is 2.23. The van der Waals surface area contributed by atoms with Gasteiger partial charge in [-0.2, -0.15) is 5.10 Å². The molecule has 0 saturated carbocycles. The maximum absolute atomic E-state index is 12.1. The molecule has 2 aromatic rings. The van der Waals surface area contributed by atoms with Crippen molar-refractivity contribution in [3.63, 3.8) is 0 Å². The maximum atomic E-state index is 12.1. The van der Waals surface area contributed by atoms with Crippen molar-refractivity contribution < 1.29 is 19.1 Å². The lowest BCUT2D eigenvalue weighted by Crippen LogP contribution is -2.30. The minimum absolute atomic E-state index is 0.177.